The van der Waals surface area contributed by atoms with E-state index in [2.05, 4.69) is 38.2 Å². The van der Waals surface area contributed by atoms with Crippen LogP contribution in [0.25, 0.3) is 0 Å². The number of nitrogens with zero attached hydrogens (tertiary/aromatic N) is 1. The zero-order valence-electron chi connectivity index (χ0n) is 11.3. The molecule has 0 bridgehead atoms. The molecule has 16 heavy (non-hydrogen) atoms. The number of ether oxygens (including phenoxy) is 1. The largest absolute Gasteiger partial charge is 0.377 e. The average molecular weight is 228 g/mol. The summed E-state index contributed by atoms with van der Waals surface area (Å²) in [5.41, 5.74) is 0. The summed E-state index contributed by atoms with van der Waals surface area (Å²) in [6.07, 6.45) is 4.23. The number of likely N-dealkylation sites (N-methyl/N-ethyl adjacent to an activating group) is 1. The van der Waals surface area contributed by atoms with Crippen LogP contribution in [0, 0.1) is 5.92 Å². The van der Waals surface area contributed by atoms with E-state index >= 15 is 0 Å². The van der Waals surface area contributed by atoms with Crippen LogP contribution >= 0.6 is 0 Å². The van der Waals surface area contributed by atoms with Crippen LogP contribution in [0.2, 0.25) is 0 Å². The highest BCUT2D eigenvalue weighted by Gasteiger charge is 2.18. The molecule has 1 rings (SSSR count). The topological polar surface area (TPSA) is 24.5 Å². The summed E-state index contributed by atoms with van der Waals surface area (Å²) in [5, 5.41) is 3.65. The first kappa shape index (κ1) is 13.9. The first-order valence-corrected chi connectivity index (χ1v) is 6.59. The first-order chi connectivity index (χ1) is 7.59. The van der Waals surface area contributed by atoms with E-state index in [9.17, 15) is 0 Å². The highest BCUT2D eigenvalue weighted by molar-refractivity contribution is 4.76. The van der Waals surface area contributed by atoms with Gasteiger partial charge >= 0.3 is 0 Å². The van der Waals surface area contributed by atoms with Crippen molar-refractivity contribution >= 4 is 0 Å². The maximum Gasteiger partial charge on any atom is 0.0699 e. The molecule has 0 saturated carbocycles. The second kappa shape index (κ2) is 7.25. The van der Waals surface area contributed by atoms with Gasteiger partial charge < -0.3 is 15.0 Å². The lowest BCUT2D eigenvalue weighted by Crippen LogP contribution is -2.45. The third kappa shape index (κ3) is 5.28. The maximum atomic E-state index is 5.74. The molecule has 1 N–H and O–H groups in total. The lowest BCUT2D eigenvalue weighted by molar-refractivity contribution is 0.0139. The van der Waals surface area contributed by atoms with Gasteiger partial charge in [-0.25, -0.2) is 0 Å². The van der Waals surface area contributed by atoms with Gasteiger partial charge in [-0.05, 0) is 39.3 Å². The second-order valence-electron chi connectivity index (χ2n) is 5.51. The summed E-state index contributed by atoms with van der Waals surface area (Å²) >= 11 is 0. The van der Waals surface area contributed by atoms with Crippen LogP contribution in [0.5, 0.6) is 0 Å². The number of hydrogen-bond donors (Lipinski definition) is 1. The third-order valence-electron chi connectivity index (χ3n) is 3.25. The van der Waals surface area contributed by atoms with Crippen molar-refractivity contribution in [2.45, 2.75) is 45.3 Å². The van der Waals surface area contributed by atoms with Crippen LogP contribution in [0.15, 0.2) is 0 Å². The lowest BCUT2D eigenvalue weighted by atomic mass is 10.0. The smallest absolute Gasteiger partial charge is 0.0699 e. The van der Waals surface area contributed by atoms with Crippen molar-refractivity contribution in [1.29, 1.82) is 0 Å². The molecule has 1 fully saturated rings. The molecule has 96 valence electrons. The predicted octanol–water partition coefficient (Wildman–Crippen LogP) is 1.73. The van der Waals surface area contributed by atoms with Crippen molar-refractivity contribution < 1.29 is 4.74 Å². The van der Waals surface area contributed by atoms with E-state index in [0.717, 1.165) is 19.7 Å². The van der Waals surface area contributed by atoms with Gasteiger partial charge in [0.2, 0.25) is 0 Å². The Bertz CT molecular complexity index is 177. The SMILES string of the molecule is CC(C)C(CN(C)C)NCC1CCCCO1. The van der Waals surface area contributed by atoms with Crippen molar-refractivity contribution in [1.82, 2.24) is 10.2 Å². The number of nitrogens with one attached hydrogen (secondary N) is 1. The van der Waals surface area contributed by atoms with Crippen LogP contribution in [0.3, 0.4) is 0 Å². The molecule has 1 saturated heterocycles. The van der Waals surface area contributed by atoms with Gasteiger partial charge in [0.05, 0.1) is 6.10 Å². The Morgan fingerprint density at radius 3 is 2.56 bits per heavy atom. The van der Waals surface area contributed by atoms with Gasteiger partial charge in [0.1, 0.15) is 0 Å². The molecule has 1 heterocycles. The van der Waals surface area contributed by atoms with E-state index in [1.54, 1.807) is 0 Å². The first-order valence-electron chi connectivity index (χ1n) is 6.59. The molecule has 0 spiro atoms. The molecule has 3 nitrogen and oxygen atoms in total. The Morgan fingerprint density at radius 2 is 2.06 bits per heavy atom. The van der Waals surface area contributed by atoms with E-state index in [-0.39, 0.29) is 0 Å². The van der Waals surface area contributed by atoms with Crippen LogP contribution < -0.4 is 5.32 Å². The number of hydrogen-bond acceptors (Lipinski definition) is 3. The molecule has 1 aliphatic heterocycles. The van der Waals surface area contributed by atoms with Gasteiger partial charge in [0, 0.05) is 25.7 Å². The highest BCUT2D eigenvalue weighted by atomic mass is 16.5. The fraction of sp³-hybridized carbons (Fsp3) is 1.00. The van der Waals surface area contributed by atoms with Gasteiger partial charge in [-0.15, -0.1) is 0 Å². The van der Waals surface area contributed by atoms with Crippen molar-refractivity contribution in [3.05, 3.63) is 0 Å². The fourth-order valence-electron chi connectivity index (χ4n) is 2.16. The van der Waals surface area contributed by atoms with E-state index in [1.165, 1.54) is 19.3 Å². The molecular weight excluding hydrogens is 200 g/mol. The van der Waals surface area contributed by atoms with E-state index in [4.69, 9.17) is 4.74 Å². The van der Waals surface area contributed by atoms with Crippen LogP contribution in [0.4, 0.5) is 0 Å². The standard InChI is InChI=1S/C13H28N2O/c1-11(2)13(10-15(3)4)14-9-12-7-5-6-8-16-12/h11-14H,5-10H2,1-4H3. The Labute approximate surface area is 101 Å². The molecule has 1 aliphatic rings. The minimum absolute atomic E-state index is 0.442. The summed E-state index contributed by atoms with van der Waals surface area (Å²) < 4.78 is 5.74. The van der Waals surface area contributed by atoms with Gasteiger partial charge in [-0.3, -0.25) is 0 Å². The molecule has 0 aliphatic carbocycles. The minimum atomic E-state index is 0.442. The summed E-state index contributed by atoms with van der Waals surface area (Å²) in [6, 6.07) is 0.570. The highest BCUT2D eigenvalue weighted by Crippen LogP contribution is 2.12. The molecule has 0 amide bonds. The summed E-state index contributed by atoms with van der Waals surface area (Å²) in [4.78, 5) is 2.25. The van der Waals surface area contributed by atoms with Crippen molar-refractivity contribution in [2.75, 3.05) is 33.8 Å². The normalized spacial score (nSPS) is 24.0. The third-order valence-corrected chi connectivity index (χ3v) is 3.25. The van der Waals surface area contributed by atoms with Crippen molar-refractivity contribution in [3.8, 4) is 0 Å². The van der Waals surface area contributed by atoms with Crippen LogP contribution in [-0.2, 0) is 4.74 Å². The Balaban J connectivity index is 2.25. The molecule has 0 aromatic carbocycles. The maximum absolute atomic E-state index is 5.74. The molecular formula is C13H28N2O. The molecule has 0 radical (unpaired) electrons. The Hall–Kier alpha value is -0.120. The summed E-state index contributed by atoms with van der Waals surface area (Å²) in [7, 11) is 4.27. The summed E-state index contributed by atoms with van der Waals surface area (Å²) in [6.45, 7) is 7.62. The Kier molecular flexibility index (Phi) is 6.32. The molecule has 2 unspecified atom stereocenters. The number of rotatable bonds is 6. The van der Waals surface area contributed by atoms with Gasteiger partial charge in [-0.2, -0.15) is 0 Å². The van der Waals surface area contributed by atoms with Crippen molar-refractivity contribution in [2.24, 2.45) is 5.92 Å². The molecule has 0 aromatic rings. The quantitative estimate of drug-likeness (QED) is 0.749. The molecule has 0 aromatic heterocycles. The van der Waals surface area contributed by atoms with Gasteiger partial charge in [0.25, 0.3) is 0 Å². The van der Waals surface area contributed by atoms with E-state index in [1.807, 2.05) is 0 Å². The van der Waals surface area contributed by atoms with E-state index in [0.29, 0.717) is 18.1 Å². The van der Waals surface area contributed by atoms with Crippen LogP contribution in [0.1, 0.15) is 33.1 Å². The molecule has 3 heteroatoms. The second-order valence-corrected chi connectivity index (χ2v) is 5.51. The monoisotopic (exact) mass is 228 g/mol. The average Bonchev–Trinajstić information content (AvgIpc) is 2.25. The predicted molar refractivity (Wildman–Crippen MR) is 68.8 cm³/mol. The van der Waals surface area contributed by atoms with Crippen molar-refractivity contribution in [3.63, 3.8) is 0 Å². The van der Waals surface area contributed by atoms with E-state index < -0.39 is 0 Å². The molecule has 2 atom stereocenters. The van der Waals surface area contributed by atoms with Crippen LogP contribution in [-0.4, -0.2) is 50.8 Å². The van der Waals surface area contributed by atoms with Gasteiger partial charge in [0.15, 0.2) is 0 Å². The Morgan fingerprint density at radius 1 is 1.31 bits per heavy atom. The van der Waals surface area contributed by atoms with Gasteiger partial charge in [-0.1, -0.05) is 13.8 Å². The fourth-order valence-corrected chi connectivity index (χ4v) is 2.16. The summed E-state index contributed by atoms with van der Waals surface area (Å²) in [5.74, 6) is 0.672. The minimum Gasteiger partial charge on any atom is -0.377 e. The zero-order valence-corrected chi connectivity index (χ0v) is 11.3. The zero-order chi connectivity index (χ0) is 12.0. The lowest BCUT2D eigenvalue weighted by Gasteiger charge is -2.29.